The Balaban J connectivity index is 2.58. The summed E-state index contributed by atoms with van der Waals surface area (Å²) in [5.74, 6) is -1.47. The Morgan fingerprint density at radius 1 is 1.32 bits per heavy atom. The molecule has 1 aromatic rings. The lowest BCUT2D eigenvalue weighted by atomic mass is 10.1. The van der Waals surface area contributed by atoms with Gasteiger partial charge < -0.3 is 9.47 Å². The van der Waals surface area contributed by atoms with Gasteiger partial charge in [-0.15, -0.1) is 0 Å². The van der Waals surface area contributed by atoms with Gasteiger partial charge in [-0.2, -0.15) is 0 Å². The Bertz CT molecular complexity index is 485. The van der Waals surface area contributed by atoms with Gasteiger partial charge in [-0.25, -0.2) is 14.6 Å². The van der Waals surface area contributed by atoms with E-state index in [4.69, 9.17) is 19.2 Å². The minimum absolute atomic E-state index is 0.194. The summed E-state index contributed by atoms with van der Waals surface area (Å²) in [5, 5.41) is 0. The molecule has 1 rings (SSSR count). The van der Waals surface area contributed by atoms with Gasteiger partial charge in [0.15, 0.2) is 0 Å². The highest BCUT2D eigenvalue weighted by molar-refractivity contribution is 5.88. The van der Waals surface area contributed by atoms with Crippen molar-refractivity contribution in [1.82, 2.24) is 0 Å². The number of methoxy groups -OCH3 is 1. The average Bonchev–Trinajstić information content (AvgIpc) is 2.53. The Morgan fingerprint density at radius 3 is 2.50 bits per heavy atom. The van der Waals surface area contributed by atoms with E-state index in [0.717, 1.165) is 5.56 Å². The Hall–Kier alpha value is -1.69. The minimum atomic E-state index is -0.968. The fourth-order valence-corrected chi connectivity index (χ4v) is 1.72. The quantitative estimate of drug-likeness (QED) is 0.231. The highest BCUT2D eigenvalue weighted by atomic mass is 17.2. The predicted octanol–water partition coefficient (Wildman–Crippen LogP) is 3.05. The van der Waals surface area contributed by atoms with Gasteiger partial charge in [-0.3, -0.25) is 0 Å². The summed E-state index contributed by atoms with van der Waals surface area (Å²) in [5.41, 5.74) is 1.24. The average molecular weight is 308 g/mol. The second-order valence-corrected chi connectivity index (χ2v) is 5.07. The monoisotopic (exact) mass is 308 g/mol. The van der Waals surface area contributed by atoms with Crippen molar-refractivity contribution >= 4 is 5.97 Å². The van der Waals surface area contributed by atoms with Gasteiger partial charge in [-0.05, 0) is 26.3 Å². The number of esters is 1. The Labute approximate surface area is 131 Å². The van der Waals surface area contributed by atoms with Crippen LogP contribution >= 0.6 is 0 Å². The van der Waals surface area contributed by atoms with Gasteiger partial charge in [0.2, 0.25) is 5.79 Å². The van der Waals surface area contributed by atoms with Crippen molar-refractivity contribution in [3.05, 3.63) is 48.0 Å². The van der Waals surface area contributed by atoms with Crippen molar-refractivity contribution in [3.8, 4) is 0 Å². The van der Waals surface area contributed by atoms with E-state index >= 15 is 0 Å². The maximum atomic E-state index is 11.6. The van der Waals surface area contributed by atoms with Crippen LogP contribution < -0.4 is 0 Å². The minimum Gasteiger partial charge on any atom is -0.463 e. The number of benzene rings is 1. The summed E-state index contributed by atoms with van der Waals surface area (Å²) in [6.45, 7) is 9.11. The molecule has 0 aliphatic heterocycles. The van der Waals surface area contributed by atoms with E-state index in [-0.39, 0.29) is 12.2 Å². The fourth-order valence-electron chi connectivity index (χ4n) is 1.72. The summed E-state index contributed by atoms with van der Waals surface area (Å²) in [6.07, 6.45) is -0.132. The zero-order chi connectivity index (χ0) is 16.6. The molecule has 5 nitrogen and oxygen atoms in total. The van der Waals surface area contributed by atoms with E-state index in [1.807, 2.05) is 30.3 Å². The first-order valence-corrected chi connectivity index (χ1v) is 7.21. The molecule has 1 aromatic carbocycles. The van der Waals surface area contributed by atoms with Gasteiger partial charge in [0.1, 0.15) is 6.10 Å². The summed E-state index contributed by atoms with van der Waals surface area (Å²) < 4.78 is 10.3. The van der Waals surface area contributed by atoms with Crippen LogP contribution in [0.2, 0.25) is 0 Å². The molecule has 0 saturated heterocycles. The zero-order valence-electron chi connectivity index (χ0n) is 13.6. The largest absolute Gasteiger partial charge is 0.463 e. The van der Waals surface area contributed by atoms with Crippen LogP contribution in [0.4, 0.5) is 0 Å². The first-order chi connectivity index (χ1) is 10.4. The fraction of sp³-hybridized carbons (Fsp3) is 0.471. The normalized spacial score (nSPS) is 14.9. The number of ether oxygens (including phenoxy) is 2. The van der Waals surface area contributed by atoms with Gasteiger partial charge in [-0.1, -0.05) is 36.9 Å². The Kier molecular flexibility index (Phi) is 7.24. The second-order valence-electron chi connectivity index (χ2n) is 5.07. The van der Waals surface area contributed by atoms with Gasteiger partial charge in [0.25, 0.3) is 0 Å². The zero-order valence-corrected chi connectivity index (χ0v) is 13.6. The van der Waals surface area contributed by atoms with Crippen molar-refractivity contribution in [3.63, 3.8) is 0 Å². The topological polar surface area (TPSA) is 54.0 Å². The third kappa shape index (κ3) is 5.60. The van der Waals surface area contributed by atoms with E-state index in [9.17, 15) is 4.79 Å². The molecule has 0 aliphatic carbocycles. The molecule has 0 fully saturated rings. The van der Waals surface area contributed by atoms with Crippen molar-refractivity contribution in [2.24, 2.45) is 0 Å². The lowest BCUT2D eigenvalue weighted by Crippen LogP contribution is -2.36. The van der Waals surface area contributed by atoms with Crippen molar-refractivity contribution < 1.29 is 24.0 Å². The van der Waals surface area contributed by atoms with Crippen molar-refractivity contribution in [2.45, 2.75) is 39.1 Å². The standard InChI is InChI=1S/C17H24O5/c1-6-20-16(18)13(2)14(3)21-22-17(4,19-5)12-15-10-8-7-9-11-15/h7-11,14H,2,6,12H2,1,3-5H3. The molecule has 0 radical (unpaired) electrons. The van der Waals surface area contributed by atoms with Crippen molar-refractivity contribution in [1.29, 1.82) is 0 Å². The number of carbonyl (C=O) groups is 1. The van der Waals surface area contributed by atoms with Crippen LogP contribution in [-0.2, 0) is 30.5 Å². The molecule has 2 unspecified atom stereocenters. The van der Waals surface area contributed by atoms with Crippen LogP contribution in [0.1, 0.15) is 26.3 Å². The third-order valence-electron chi connectivity index (χ3n) is 3.20. The lowest BCUT2D eigenvalue weighted by molar-refractivity contribution is -0.429. The maximum Gasteiger partial charge on any atom is 0.336 e. The maximum absolute atomic E-state index is 11.6. The predicted molar refractivity (Wildman–Crippen MR) is 83.0 cm³/mol. The smallest absolute Gasteiger partial charge is 0.336 e. The summed E-state index contributed by atoms with van der Waals surface area (Å²) in [7, 11) is 1.54. The number of hydrogen-bond acceptors (Lipinski definition) is 5. The highest BCUT2D eigenvalue weighted by Crippen LogP contribution is 2.21. The van der Waals surface area contributed by atoms with E-state index in [1.54, 1.807) is 20.8 Å². The molecule has 0 heterocycles. The van der Waals surface area contributed by atoms with Crippen LogP contribution in [0, 0.1) is 0 Å². The first kappa shape index (κ1) is 18.4. The molecule has 0 spiro atoms. The Morgan fingerprint density at radius 2 is 1.95 bits per heavy atom. The van der Waals surface area contributed by atoms with Gasteiger partial charge >= 0.3 is 5.97 Å². The molecule has 122 valence electrons. The van der Waals surface area contributed by atoms with Crippen molar-refractivity contribution in [2.75, 3.05) is 13.7 Å². The molecular formula is C17H24O5. The van der Waals surface area contributed by atoms with Crippen LogP contribution in [-0.4, -0.2) is 31.6 Å². The molecule has 0 bridgehead atoms. The van der Waals surface area contributed by atoms with E-state index in [2.05, 4.69) is 6.58 Å². The van der Waals surface area contributed by atoms with E-state index < -0.39 is 17.9 Å². The summed E-state index contributed by atoms with van der Waals surface area (Å²) in [6, 6.07) is 9.77. The van der Waals surface area contributed by atoms with E-state index in [1.165, 1.54) is 7.11 Å². The molecule has 22 heavy (non-hydrogen) atoms. The molecule has 0 aliphatic rings. The summed E-state index contributed by atoms with van der Waals surface area (Å²) >= 11 is 0. The lowest BCUT2D eigenvalue weighted by Gasteiger charge is -2.28. The SMILES string of the molecule is C=C(C(=O)OCC)C(C)OOC(C)(Cc1ccccc1)OC. The molecule has 0 aromatic heterocycles. The molecule has 0 saturated carbocycles. The highest BCUT2D eigenvalue weighted by Gasteiger charge is 2.29. The molecule has 0 amide bonds. The van der Waals surface area contributed by atoms with Crippen LogP contribution in [0.5, 0.6) is 0 Å². The van der Waals surface area contributed by atoms with Gasteiger partial charge in [0, 0.05) is 13.5 Å². The van der Waals surface area contributed by atoms with Crippen LogP contribution in [0.25, 0.3) is 0 Å². The van der Waals surface area contributed by atoms with E-state index in [0.29, 0.717) is 6.42 Å². The third-order valence-corrected chi connectivity index (χ3v) is 3.20. The summed E-state index contributed by atoms with van der Waals surface area (Å²) in [4.78, 5) is 22.3. The number of hydrogen-bond donors (Lipinski definition) is 0. The molecule has 0 N–H and O–H groups in total. The number of rotatable bonds is 9. The molecule has 2 atom stereocenters. The second kappa shape index (κ2) is 8.68. The van der Waals surface area contributed by atoms with Gasteiger partial charge in [0.05, 0.1) is 12.2 Å². The first-order valence-electron chi connectivity index (χ1n) is 7.21. The van der Waals surface area contributed by atoms with Crippen LogP contribution in [0.3, 0.4) is 0 Å². The molecular weight excluding hydrogens is 284 g/mol. The molecule has 5 heteroatoms. The number of carbonyl (C=O) groups excluding carboxylic acids is 1. The van der Waals surface area contributed by atoms with Crippen LogP contribution in [0.15, 0.2) is 42.5 Å².